The molecule has 2 aromatic rings. The van der Waals surface area contributed by atoms with Crippen molar-refractivity contribution in [1.82, 2.24) is 0 Å². The molecule has 0 saturated carbocycles. The quantitative estimate of drug-likeness (QED) is 0.221. The predicted molar refractivity (Wildman–Crippen MR) is 127 cm³/mol. The Balaban J connectivity index is 0.00000544. The molecule has 7 heteroatoms. The Kier molecular flexibility index (Phi) is 15.0. The van der Waals surface area contributed by atoms with E-state index in [1.807, 2.05) is 0 Å². The molecule has 0 aliphatic rings. The van der Waals surface area contributed by atoms with E-state index in [4.69, 9.17) is 4.74 Å². The summed E-state index contributed by atoms with van der Waals surface area (Å²) < 4.78 is 39.2. The monoisotopic (exact) mass is 484 g/mol. The molecule has 0 atom stereocenters. The topological polar surface area (TPSA) is 86.7 Å². The van der Waals surface area contributed by atoms with E-state index in [2.05, 4.69) is 6.92 Å². The number of benzene rings is 2. The number of ether oxygens (including phenoxy) is 1. The third-order valence-electron chi connectivity index (χ3n) is 5.68. The van der Waals surface area contributed by atoms with Crippen LogP contribution in [0.25, 0.3) is 0 Å². The van der Waals surface area contributed by atoms with Crippen molar-refractivity contribution in [2.45, 2.75) is 95.3 Å². The molecule has 178 valence electrons. The normalized spacial score (nSPS) is 11.2. The average molecular weight is 485 g/mol. The van der Waals surface area contributed by atoms with E-state index in [9.17, 15) is 18.1 Å². The first-order valence-electron chi connectivity index (χ1n) is 12.0. The molecule has 0 radical (unpaired) electrons. The maximum atomic E-state index is 11.9. The minimum Gasteiger partial charge on any atom is -0.872 e. The molecule has 0 heterocycles. The SMILES string of the molecule is CCCCCCCCCCCCCCc1c(Oc2cccc([O-])c2)cccc1S(=O)(=O)O.[Na+]. The molecule has 0 bridgehead atoms. The first-order chi connectivity index (χ1) is 15.4. The van der Waals surface area contributed by atoms with Crippen LogP contribution in [-0.4, -0.2) is 13.0 Å². The molecular weight excluding hydrogens is 447 g/mol. The Labute approximate surface area is 222 Å². The largest absolute Gasteiger partial charge is 1.00 e. The molecule has 0 aliphatic carbocycles. The fourth-order valence-corrected chi connectivity index (χ4v) is 4.70. The molecule has 33 heavy (non-hydrogen) atoms. The number of hydrogen-bond acceptors (Lipinski definition) is 4. The zero-order valence-corrected chi connectivity index (χ0v) is 23.0. The molecule has 2 aromatic carbocycles. The maximum absolute atomic E-state index is 11.9. The van der Waals surface area contributed by atoms with E-state index in [1.165, 1.54) is 82.1 Å². The van der Waals surface area contributed by atoms with Gasteiger partial charge in [0.15, 0.2) is 0 Å². The van der Waals surface area contributed by atoms with Gasteiger partial charge in [-0.25, -0.2) is 0 Å². The van der Waals surface area contributed by atoms with Crippen LogP contribution < -0.4 is 39.4 Å². The van der Waals surface area contributed by atoms with E-state index in [0.29, 0.717) is 23.5 Å². The molecule has 0 amide bonds. The van der Waals surface area contributed by atoms with Crippen LogP contribution in [0.4, 0.5) is 0 Å². The molecule has 0 saturated heterocycles. The van der Waals surface area contributed by atoms with Gasteiger partial charge in [-0.05, 0) is 37.1 Å². The van der Waals surface area contributed by atoms with Crippen LogP contribution in [0.2, 0.25) is 0 Å². The maximum Gasteiger partial charge on any atom is 1.00 e. The Morgan fingerprint density at radius 3 is 1.91 bits per heavy atom. The molecular formula is C26H37NaO5S. The van der Waals surface area contributed by atoms with Crippen LogP contribution in [0.15, 0.2) is 47.4 Å². The van der Waals surface area contributed by atoms with Crippen LogP contribution in [0.3, 0.4) is 0 Å². The number of unbranched alkanes of at least 4 members (excludes halogenated alkanes) is 11. The molecule has 2 rings (SSSR count). The van der Waals surface area contributed by atoms with Crippen molar-refractivity contribution in [3.63, 3.8) is 0 Å². The van der Waals surface area contributed by atoms with Crippen LogP contribution in [0.5, 0.6) is 17.2 Å². The third kappa shape index (κ3) is 11.8. The van der Waals surface area contributed by atoms with E-state index in [1.54, 1.807) is 18.2 Å². The van der Waals surface area contributed by atoms with E-state index in [-0.39, 0.29) is 40.2 Å². The van der Waals surface area contributed by atoms with E-state index in [0.717, 1.165) is 19.3 Å². The summed E-state index contributed by atoms with van der Waals surface area (Å²) >= 11 is 0. The zero-order chi connectivity index (χ0) is 23.2. The first kappa shape index (κ1) is 30.0. The molecule has 0 aromatic heterocycles. The summed E-state index contributed by atoms with van der Waals surface area (Å²) in [6.07, 6.45) is 15.1. The minimum absolute atomic E-state index is 0. The van der Waals surface area contributed by atoms with Crippen LogP contribution >= 0.6 is 0 Å². The summed E-state index contributed by atoms with van der Waals surface area (Å²) in [5.41, 5.74) is 0.457. The molecule has 0 unspecified atom stereocenters. The van der Waals surface area contributed by atoms with Crippen molar-refractivity contribution < 1.29 is 52.4 Å². The Morgan fingerprint density at radius 1 is 0.818 bits per heavy atom. The minimum atomic E-state index is -4.36. The average Bonchev–Trinajstić information content (AvgIpc) is 2.74. The fraction of sp³-hybridized carbons (Fsp3) is 0.538. The van der Waals surface area contributed by atoms with Crippen molar-refractivity contribution in [2.75, 3.05) is 0 Å². The standard InChI is InChI=1S/C26H38O5S.Na/c1-2-3-4-5-6-7-8-9-10-11-12-13-18-24-25(19-15-20-26(24)32(28,29)30)31-23-17-14-16-22(27)21-23;/h14-17,19-21,27H,2-13,18H2,1H3,(H,28,29,30);/q;+1/p-1. The smallest absolute Gasteiger partial charge is 0.872 e. The Hall–Kier alpha value is -1.05. The summed E-state index contributed by atoms with van der Waals surface area (Å²) in [6.45, 7) is 2.24. The van der Waals surface area contributed by atoms with Crippen LogP contribution in [0.1, 0.15) is 89.5 Å². The number of rotatable bonds is 16. The predicted octanol–water partition coefficient (Wildman–Crippen LogP) is 4.05. The molecule has 1 N–H and O–H groups in total. The molecule has 5 nitrogen and oxygen atoms in total. The van der Waals surface area contributed by atoms with Crippen molar-refractivity contribution in [3.8, 4) is 17.2 Å². The van der Waals surface area contributed by atoms with E-state index >= 15 is 0 Å². The Morgan fingerprint density at radius 2 is 1.36 bits per heavy atom. The van der Waals surface area contributed by atoms with Crippen molar-refractivity contribution in [3.05, 3.63) is 48.0 Å². The second kappa shape index (κ2) is 16.6. The summed E-state index contributed by atoms with van der Waals surface area (Å²) in [5.74, 6) is 0.519. The van der Waals surface area contributed by atoms with Gasteiger partial charge >= 0.3 is 29.6 Å². The number of hydrogen-bond donors (Lipinski definition) is 1. The molecule has 0 spiro atoms. The molecule has 0 fully saturated rings. The van der Waals surface area contributed by atoms with Crippen molar-refractivity contribution in [1.29, 1.82) is 0 Å². The van der Waals surface area contributed by atoms with Crippen molar-refractivity contribution in [2.24, 2.45) is 0 Å². The van der Waals surface area contributed by atoms with Gasteiger partial charge in [-0.2, -0.15) is 8.42 Å². The van der Waals surface area contributed by atoms with Crippen LogP contribution in [-0.2, 0) is 16.5 Å². The van der Waals surface area contributed by atoms with Gasteiger partial charge in [0.05, 0.1) is 0 Å². The summed E-state index contributed by atoms with van der Waals surface area (Å²) in [6, 6.07) is 10.6. The fourth-order valence-electron chi connectivity index (χ4n) is 3.94. The van der Waals surface area contributed by atoms with Gasteiger partial charge in [-0.3, -0.25) is 4.55 Å². The van der Waals surface area contributed by atoms with Crippen molar-refractivity contribution >= 4 is 10.1 Å². The van der Waals surface area contributed by atoms with Gasteiger partial charge in [0.25, 0.3) is 10.1 Å². The van der Waals surface area contributed by atoms with E-state index < -0.39 is 10.1 Å². The van der Waals surface area contributed by atoms with Gasteiger partial charge < -0.3 is 9.84 Å². The van der Waals surface area contributed by atoms with Gasteiger partial charge in [0.1, 0.15) is 16.4 Å². The summed E-state index contributed by atoms with van der Waals surface area (Å²) in [4.78, 5) is -0.128. The zero-order valence-electron chi connectivity index (χ0n) is 20.2. The first-order valence-corrected chi connectivity index (χ1v) is 13.4. The Bertz CT molecular complexity index is 915. The second-order valence-corrected chi connectivity index (χ2v) is 9.81. The second-order valence-electron chi connectivity index (χ2n) is 8.42. The van der Waals surface area contributed by atoms with Gasteiger partial charge in [0.2, 0.25) is 0 Å². The van der Waals surface area contributed by atoms with Gasteiger partial charge in [0, 0.05) is 5.56 Å². The summed E-state index contributed by atoms with van der Waals surface area (Å²) in [5, 5.41) is 11.6. The molecule has 0 aliphatic heterocycles. The third-order valence-corrected chi connectivity index (χ3v) is 6.62. The summed E-state index contributed by atoms with van der Waals surface area (Å²) in [7, 11) is -4.36. The van der Waals surface area contributed by atoms with Gasteiger partial charge in [-0.15, -0.1) is 5.75 Å². The van der Waals surface area contributed by atoms with Crippen LogP contribution in [0, 0.1) is 0 Å². The van der Waals surface area contributed by atoms with Gasteiger partial charge in [-0.1, -0.05) is 95.8 Å².